The van der Waals surface area contributed by atoms with Gasteiger partial charge in [-0.25, -0.2) is 8.78 Å². The van der Waals surface area contributed by atoms with Crippen molar-refractivity contribution in [3.8, 4) is 0 Å². The van der Waals surface area contributed by atoms with Crippen molar-refractivity contribution in [1.82, 2.24) is 10.6 Å². The normalized spacial score (nSPS) is 25.7. The monoisotopic (exact) mass is 270 g/mol. The fourth-order valence-corrected chi connectivity index (χ4v) is 2.50. The molecule has 1 aliphatic rings. The molecule has 18 heavy (non-hydrogen) atoms. The van der Waals surface area contributed by atoms with Gasteiger partial charge < -0.3 is 10.6 Å². The van der Waals surface area contributed by atoms with E-state index < -0.39 is 11.6 Å². The number of benzene rings is 1. The molecule has 2 nitrogen and oxygen atoms in total. The van der Waals surface area contributed by atoms with Gasteiger partial charge in [-0.1, -0.05) is 13.0 Å². The molecule has 2 atom stereocenters. The first-order chi connectivity index (χ1) is 8.49. The van der Waals surface area contributed by atoms with Gasteiger partial charge in [-0.2, -0.15) is 0 Å². The maximum atomic E-state index is 13.8. The van der Waals surface area contributed by atoms with Crippen LogP contribution in [0.25, 0.3) is 0 Å². The molecule has 1 fully saturated rings. The highest BCUT2D eigenvalue weighted by molar-refractivity contribution is 7.80. The van der Waals surface area contributed by atoms with Crippen LogP contribution in [0.3, 0.4) is 0 Å². The Bertz CT molecular complexity index is 478. The summed E-state index contributed by atoms with van der Waals surface area (Å²) >= 11 is 5.02. The average Bonchev–Trinajstić information content (AvgIpc) is 2.98. The molecule has 0 bridgehead atoms. The van der Waals surface area contributed by atoms with E-state index in [1.165, 1.54) is 12.1 Å². The van der Waals surface area contributed by atoms with Crippen LogP contribution in [0, 0.1) is 17.6 Å². The van der Waals surface area contributed by atoms with E-state index in [1.54, 1.807) is 7.05 Å². The second-order valence-electron chi connectivity index (χ2n) is 4.82. The quantitative estimate of drug-likeness (QED) is 0.824. The molecule has 0 radical (unpaired) electrons. The smallest absolute Gasteiger partial charge is 0.166 e. The van der Waals surface area contributed by atoms with Gasteiger partial charge in [0.1, 0.15) is 11.6 Å². The molecule has 1 aliphatic carbocycles. The second-order valence-corrected chi connectivity index (χ2v) is 5.23. The van der Waals surface area contributed by atoms with E-state index in [4.69, 9.17) is 12.2 Å². The van der Waals surface area contributed by atoms with Crippen LogP contribution >= 0.6 is 12.2 Å². The van der Waals surface area contributed by atoms with Crippen molar-refractivity contribution in [1.29, 1.82) is 0 Å². The third kappa shape index (κ3) is 2.32. The Hall–Kier alpha value is -1.23. The van der Waals surface area contributed by atoms with Crippen molar-refractivity contribution in [2.75, 3.05) is 13.6 Å². The van der Waals surface area contributed by atoms with Crippen molar-refractivity contribution in [3.63, 3.8) is 0 Å². The largest absolute Gasteiger partial charge is 0.366 e. The van der Waals surface area contributed by atoms with Gasteiger partial charge in [-0.3, -0.25) is 0 Å². The van der Waals surface area contributed by atoms with Crippen molar-refractivity contribution in [2.45, 2.75) is 18.8 Å². The van der Waals surface area contributed by atoms with Crippen LogP contribution in [0.1, 0.15) is 18.9 Å². The van der Waals surface area contributed by atoms with Crippen molar-refractivity contribution in [2.24, 2.45) is 5.92 Å². The molecule has 0 saturated heterocycles. The molecule has 0 amide bonds. The van der Waals surface area contributed by atoms with Crippen molar-refractivity contribution in [3.05, 3.63) is 35.4 Å². The van der Waals surface area contributed by atoms with Crippen LogP contribution in [0.4, 0.5) is 8.78 Å². The zero-order valence-corrected chi connectivity index (χ0v) is 11.2. The summed E-state index contributed by atoms with van der Waals surface area (Å²) in [6.45, 7) is 2.63. The predicted octanol–water partition coefficient (Wildman–Crippen LogP) is 2.34. The summed E-state index contributed by atoms with van der Waals surface area (Å²) in [6.07, 6.45) is 0.884. The van der Waals surface area contributed by atoms with E-state index in [0.29, 0.717) is 23.1 Å². The number of nitrogens with one attached hydrogen (secondary N) is 2. The van der Waals surface area contributed by atoms with Crippen molar-refractivity contribution < 1.29 is 8.78 Å². The summed E-state index contributed by atoms with van der Waals surface area (Å²) in [5, 5.41) is 6.43. The maximum Gasteiger partial charge on any atom is 0.166 e. The zero-order valence-electron chi connectivity index (χ0n) is 10.4. The molecular weight excluding hydrogens is 254 g/mol. The van der Waals surface area contributed by atoms with Crippen molar-refractivity contribution >= 4 is 17.3 Å². The topological polar surface area (TPSA) is 24.1 Å². The number of thiocarbonyl (C=S) groups is 1. The van der Waals surface area contributed by atoms with Gasteiger partial charge in [0, 0.05) is 25.1 Å². The second kappa shape index (κ2) is 4.80. The highest BCUT2D eigenvalue weighted by Gasteiger charge is 2.53. The van der Waals surface area contributed by atoms with E-state index >= 15 is 0 Å². The summed E-state index contributed by atoms with van der Waals surface area (Å²) in [5.41, 5.74) is 0.307. The summed E-state index contributed by atoms with van der Waals surface area (Å²) in [4.78, 5) is 0. The molecular formula is C13H16F2N2S. The Morgan fingerprint density at radius 3 is 2.67 bits per heavy atom. The summed E-state index contributed by atoms with van der Waals surface area (Å²) in [6, 6.07) is 3.79. The minimum Gasteiger partial charge on any atom is -0.366 e. The molecule has 2 unspecified atom stereocenters. The number of hydrogen-bond acceptors (Lipinski definition) is 1. The molecule has 5 heteroatoms. The van der Waals surface area contributed by atoms with E-state index in [2.05, 4.69) is 17.6 Å². The Morgan fingerprint density at radius 1 is 1.50 bits per heavy atom. The number of rotatable bonds is 3. The molecule has 2 rings (SSSR count). The van der Waals surface area contributed by atoms with Gasteiger partial charge >= 0.3 is 0 Å². The van der Waals surface area contributed by atoms with E-state index in [1.807, 2.05) is 0 Å². The molecule has 0 heterocycles. The molecule has 1 aromatic rings. The highest BCUT2D eigenvalue weighted by atomic mass is 32.1. The molecule has 0 aliphatic heterocycles. The lowest BCUT2D eigenvalue weighted by atomic mass is 9.93. The molecule has 2 N–H and O–H groups in total. The van der Waals surface area contributed by atoms with Crippen LogP contribution < -0.4 is 10.6 Å². The molecule has 1 saturated carbocycles. The lowest BCUT2D eigenvalue weighted by Gasteiger charge is -2.19. The zero-order chi connectivity index (χ0) is 13.3. The Kier molecular flexibility index (Phi) is 3.52. The first kappa shape index (κ1) is 13.2. The highest BCUT2D eigenvalue weighted by Crippen LogP contribution is 2.54. The lowest BCUT2D eigenvalue weighted by Crippen LogP contribution is -2.38. The first-order valence-electron chi connectivity index (χ1n) is 5.91. The molecule has 1 aromatic carbocycles. The standard InChI is InChI=1S/C13H16F2N2S/c1-8-6-13(8,7-17-12(18)16-2)10-4-3-9(14)5-11(10)15/h3-5,8H,6-7H2,1-2H3,(H2,16,17,18). The predicted molar refractivity (Wildman–Crippen MR) is 71.5 cm³/mol. The van der Waals surface area contributed by atoms with Crippen LogP contribution in [-0.2, 0) is 5.41 Å². The average molecular weight is 270 g/mol. The fraction of sp³-hybridized carbons (Fsp3) is 0.462. The minimum atomic E-state index is -0.543. The summed E-state index contributed by atoms with van der Waals surface area (Å²) in [5.74, 6) is -0.653. The fourth-order valence-electron chi connectivity index (χ4n) is 2.42. The van der Waals surface area contributed by atoms with Gasteiger partial charge in [0.05, 0.1) is 0 Å². The summed E-state index contributed by atoms with van der Waals surface area (Å²) < 4.78 is 26.8. The van der Waals surface area contributed by atoms with E-state index in [9.17, 15) is 8.78 Å². The van der Waals surface area contributed by atoms with Gasteiger partial charge in [0.25, 0.3) is 0 Å². The van der Waals surface area contributed by atoms with Crippen LogP contribution in [-0.4, -0.2) is 18.7 Å². The van der Waals surface area contributed by atoms with Crippen LogP contribution in [0.2, 0.25) is 0 Å². The SMILES string of the molecule is CNC(=S)NCC1(c2ccc(F)cc2F)CC1C. The van der Waals surface area contributed by atoms with Gasteiger partial charge in [-0.05, 0) is 36.2 Å². The van der Waals surface area contributed by atoms with Gasteiger partial charge in [0.2, 0.25) is 0 Å². The van der Waals surface area contributed by atoms with Crippen LogP contribution in [0.5, 0.6) is 0 Å². The van der Waals surface area contributed by atoms with Gasteiger partial charge in [-0.15, -0.1) is 0 Å². The third-order valence-corrected chi connectivity index (χ3v) is 4.06. The Labute approximate surface area is 111 Å². The Balaban J connectivity index is 2.20. The first-order valence-corrected chi connectivity index (χ1v) is 6.31. The molecule has 0 aromatic heterocycles. The Morgan fingerprint density at radius 2 is 2.17 bits per heavy atom. The minimum absolute atomic E-state index is 0.265. The van der Waals surface area contributed by atoms with E-state index in [-0.39, 0.29) is 5.41 Å². The number of halogens is 2. The van der Waals surface area contributed by atoms with E-state index in [0.717, 1.165) is 12.5 Å². The van der Waals surface area contributed by atoms with Gasteiger partial charge in [0.15, 0.2) is 5.11 Å². The third-order valence-electron chi connectivity index (χ3n) is 3.71. The molecule has 98 valence electrons. The maximum absolute atomic E-state index is 13.8. The lowest BCUT2D eigenvalue weighted by molar-refractivity contribution is 0.526. The summed E-state index contributed by atoms with van der Waals surface area (Å²) in [7, 11) is 1.73. The number of hydrogen-bond donors (Lipinski definition) is 2. The van der Waals surface area contributed by atoms with Crippen LogP contribution in [0.15, 0.2) is 18.2 Å². The molecule has 0 spiro atoms.